The van der Waals surface area contributed by atoms with Gasteiger partial charge in [0.1, 0.15) is 0 Å². The van der Waals surface area contributed by atoms with E-state index in [9.17, 15) is 0 Å². The molecule has 5 heteroatoms. The van der Waals surface area contributed by atoms with Gasteiger partial charge in [-0.05, 0) is 30.3 Å². The highest BCUT2D eigenvalue weighted by molar-refractivity contribution is 7.16. The van der Waals surface area contributed by atoms with Crippen molar-refractivity contribution in [2.45, 2.75) is 6.54 Å². The number of pyridine rings is 1. The summed E-state index contributed by atoms with van der Waals surface area (Å²) in [4.78, 5) is 4.29. The maximum atomic E-state index is 4.34. The predicted octanol–water partition coefficient (Wildman–Crippen LogP) is 3.56. The summed E-state index contributed by atoms with van der Waals surface area (Å²) in [6, 6.07) is 12.3. The van der Waals surface area contributed by atoms with Gasteiger partial charge >= 0.3 is 0 Å². The first kappa shape index (κ1) is 11.4. The maximum absolute atomic E-state index is 4.34. The SMILES string of the molecule is c1ccn2ncc(CNc3ccc4ncsc4c3)c2c1. The number of benzene rings is 1. The highest BCUT2D eigenvalue weighted by atomic mass is 32.1. The Balaban J connectivity index is 1.60. The van der Waals surface area contributed by atoms with Gasteiger partial charge in [-0.25, -0.2) is 9.50 Å². The molecule has 0 spiro atoms. The molecule has 0 unspecified atom stereocenters. The third-order valence-electron chi connectivity index (χ3n) is 3.32. The summed E-state index contributed by atoms with van der Waals surface area (Å²) >= 11 is 1.66. The standard InChI is InChI=1S/C15H12N4S/c1-2-6-19-14(3-1)11(9-18-19)8-16-12-4-5-13-15(7-12)20-10-17-13/h1-7,9-10,16H,8H2. The van der Waals surface area contributed by atoms with Gasteiger partial charge in [-0.15, -0.1) is 11.3 Å². The lowest BCUT2D eigenvalue weighted by atomic mass is 10.2. The van der Waals surface area contributed by atoms with Gasteiger partial charge in [-0.3, -0.25) is 0 Å². The molecule has 0 aliphatic rings. The lowest BCUT2D eigenvalue weighted by molar-refractivity contribution is 0.961. The fraction of sp³-hybridized carbons (Fsp3) is 0.0667. The molecule has 0 amide bonds. The summed E-state index contributed by atoms with van der Waals surface area (Å²) in [6.07, 6.45) is 3.87. The monoisotopic (exact) mass is 280 g/mol. The third-order valence-corrected chi connectivity index (χ3v) is 4.11. The number of hydrogen-bond donors (Lipinski definition) is 1. The number of fused-ring (bicyclic) bond motifs is 2. The Labute approximate surface area is 119 Å². The molecule has 98 valence electrons. The molecule has 0 bridgehead atoms. The minimum Gasteiger partial charge on any atom is -0.381 e. The number of thiazole rings is 1. The number of nitrogens with one attached hydrogen (secondary N) is 1. The van der Waals surface area contributed by atoms with E-state index < -0.39 is 0 Å². The fourth-order valence-electron chi connectivity index (χ4n) is 2.29. The molecule has 0 saturated carbocycles. The van der Waals surface area contributed by atoms with Crippen LogP contribution in [-0.4, -0.2) is 14.6 Å². The van der Waals surface area contributed by atoms with Crippen molar-refractivity contribution in [3.05, 3.63) is 59.9 Å². The Morgan fingerprint density at radius 3 is 3.20 bits per heavy atom. The second-order valence-electron chi connectivity index (χ2n) is 4.59. The average Bonchev–Trinajstić information content (AvgIpc) is 3.11. The lowest BCUT2D eigenvalue weighted by Crippen LogP contribution is -1.98. The van der Waals surface area contributed by atoms with E-state index in [1.165, 1.54) is 10.3 Å². The average molecular weight is 280 g/mol. The van der Waals surface area contributed by atoms with E-state index in [1.54, 1.807) is 11.3 Å². The van der Waals surface area contributed by atoms with Gasteiger partial charge in [0.05, 0.1) is 27.4 Å². The molecule has 4 nitrogen and oxygen atoms in total. The third kappa shape index (κ3) is 1.92. The number of nitrogens with zero attached hydrogens (tertiary/aromatic N) is 3. The summed E-state index contributed by atoms with van der Waals surface area (Å²) in [6.45, 7) is 0.762. The van der Waals surface area contributed by atoms with E-state index >= 15 is 0 Å². The first-order valence-corrected chi connectivity index (χ1v) is 7.26. The van der Waals surface area contributed by atoms with Gasteiger partial charge in [0.25, 0.3) is 0 Å². The van der Waals surface area contributed by atoms with Crippen LogP contribution in [0.4, 0.5) is 5.69 Å². The van der Waals surface area contributed by atoms with E-state index in [4.69, 9.17) is 0 Å². The summed E-state index contributed by atoms with van der Waals surface area (Å²) in [5.74, 6) is 0. The summed E-state index contributed by atoms with van der Waals surface area (Å²) in [5.41, 5.74) is 6.36. The first-order chi connectivity index (χ1) is 9.90. The summed E-state index contributed by atoms with van der Waals surface area (Å²) < 4.78 is 3.10. The van der Waals surface area contributed by atoms with E-state index in [0.717, 1.165) is 23.3 Å². The quantitative estimate of drug-likeness (QED) is 0.624. The van der Waals surface area contributed by atoms with Gasteiger partial charge in [0, 0.05) is 24.0 Å². The maximum Gasteiger partial charge on any atom is 0.0813 e. The Morgan fingerprint density at radius 1 is 1.20 bits per heavy atom. The molecule has 4 aromatic rings. The van der Waals surface area contributed by atoms with E-state index in [-0.39, 0.29) is 0 Å². The minimum atomic E-state index is 0.762. The first-order valence-electron chi connectivity index (χ1n) is 6.38. The molecular formula is C15H12N4S. The Kier molecular flexibility index (Phi) is 2.63. The van der Waals surface area contributed by atoms with Crippen molar-refractivity contribution >= 4 is 32.8 Å². The van der Waals surface area contributed by atoms with Crippen molar-refractivity contribution in [3.63, 3.8) is 0 Å². The molecule has 4 rings (SSSR count). The minimum absolute atomic E-state index is 0.762. The molecule has 0 aliphatic carbocycles. The highest BCUT2D eigenvalue weighted by Gasteiger charge is 2.03. The Bertz CT molecular complexity index is 877. The van der Waals surface area contributed by atoms with Crippen molar-refractivity contribution in [2.24, 2.45) is 0 Å². The van der Waals surface area contributed by atoms with Crippen LogP contribution in [-0.2, 0) is 6.54 Å². The fourth-order valence-corrected chi connectivity index (χ4v) is 3.00. The molecule has 3 aromatic heterocycles. The van der Waals surface area contributed by atoms with Gasteiger partial charge in [-0.2, -0.15) is 5.10 Å². The van der Waals surface area contributed by atoms with Crippen LogP contribution in [0.25, 0.3) is 15.7 Å². The zero-order valence-electron chi connectivity index (χ0n) is 10.7. The second-order valence-corrected chi connectivity index (χ2v) is 5.48. The normalized spacial score (nSPS) is 11.2. The van der Waals surface area contributed by atoms with Crippen molar-refractivity contribution < 1.29 is 0 Å². The lowest BCUT2D eigenvalue weighted by Gasteiger charge is -2.05. The summed E-state index contributed by atoms with van der Waals surface area (Å²) in [7, 11) is 0. The number of rotatable bonds is 3. The molecular weight excluding hydrogens is 268 g/mol. The van der Waals surface area contributed by atoms with Crippen molar-refractivity contribution in [1.82, 2.24) is 14.6 Å². The van der Waals surface area contributed by atoms with Crippen molar-refractivity contribution in [1.29, 1.82) is 0 Å². The molecule has 1 aromatic carbocycles. The topological polar surface area (TPSA) is 42.2 Å². The van der Waals surface area contributed by atoms with Gasteiger partial charge < -0.3 is 5.32 Å². The number of hydrogen-bond acceptors (Lipinski definition) is 4. The number of anilines is 1. The van der Waals surface area contributed by atoms with Crippen LogP contribution in [0.5, 0.6) is 0 Å². The highest BCUT2D eigenvalue weighted by Crippen LogP contribution is 2.22. The van der Waals surface area contributed by atoms with Crippen LogP contribution in [0, 0.1) is 0 Å². The van der Waals surface area contributed by atoms with Crippen LogP contribution in [0.15, 0.2) is 54.3 Å². The van der Waals surface area contributed by atoms with Crippen LogP contribution >= 0.6 is 11.3 Å². The van der Waals surface area contributed by atoms with Crippen LogP contribution < -0.4 is 5.32 Å². The van der Waals surface area contributed by atoms with Crippen molar-refractivity contribution in [3.8, 4) is 0 Å². The van der Waals surface area contributed by atoms with Crippen molar-refractivity contribution in [2.75, 3.05) is 5.32 Å². The van der Waals surface area contributed by atoms with Crippen LogP contribution in [0.3, 0.4) is 0 Å². The molecule has 0 fully saturated rings. The Hall–Kier alpha value is -2.40. The van der Waals surface area contributed by atoms with Gasteiger partial charge in [0.15, 0.2) is 0 Å². The summed E-state index contributed by atoms with van der Waals surface area (Å²) in [5, 5.41) is 7.79. The zero-order chi connectivity index (χ0) is 13.4. The predicted molar refractivity (Wildman–Crippen MR) is 82.1 cm³/mol. The van der Waals surface area contributed by atoms with Crippen LogP contribution in [0.2, 0.25) is 0 Å². The Morgan fingerprint density at radius 2 is 2.20 bits per heavy atom. The zero-order valence-corrected chi connectivity index (χ0v) is 11.5. The molecule has 20 heavy (non-hydrogen) atoms. The molecule has 1 N–H and O–H groups in total. The van der Waals surface area contributed by atoms with Gasteiger partial charge in [0.2, 0.25) is 0 Å². The van der Waals surface area contributed by atoms with Crippen LogP contribution in [0.1, 0.15) is 5.56 Å². The largest absolute Gasteiger partial charge is 0.381 e. The van der Waals surface area contributed by atoms with E-state index in [1.807, 2.05) is 40.6 Å². The van der Waals surface area contributed by atoms with E-state index in [0.29, 0.717) is 0 Å². The van der Waals surface area contributed by atoms with Gasteiger partial charge in [-0.1, -0.05) is 6.07 Å². The molecule has 3 heterocycles. The smallest absolute Gasteiger partial charge is 0.0813 e. The molecule has 0 atom stereocenters. The molecule has 0 saturated heterocycles. The second kappa shape index (κ2) is 4.61. The number of aromatic nitrogens is 3. The molecule has 0 radical (unpaired) electrons. The van der Waals surface area contributed by atoms with E-state index in [2.05, 4.69) is 33.6 Å². The molecule has 0 aliphatic heterocycles.